The molecule has 0 aliphatic carbocycles. The fraction of sp³-hybridized carbons (Fsp3) is 0.438. The minimum absolute atomic E-state index is 0.0682. The molecule has 0 saturated carbocycles. The molecular weight excluding hydrogens is 325 g/mol. The molecule has 1 fully saturated rings. The Kier molecular flexibility index (Phi) is 4.89. The average molecular weight is 345 g/mol. The second kappa shape index (κ2) is 6.95. The zero-order valence-electron chi connectivity index (χ0n) is 14.2. The molecule has 132 valence electrons. The molecule has 3 rings (SSSR count). The number of pyridine rings is 2. The molecule has 0 aromatic carbocycles. The molecule has 0 bridgehead atoms. The van der Waals surface area contributed by atoms with Gasteiger partial charge >= 0.3 is 13.1 Å². The third-order valence-corrected chi connectivity index (χ3v) is 4.44. The Bertz CT molecular complexity index is 867. The van der Waals surface area contributed by atoms with E-state index in [1.54, 1.807) is 6.92 Å². The largest absolute Gasteiger partial charge is 0.490 e. The second-order valence-electron chi connectivity index (χ2n) is 6.22. The summed E-state index contributed by atoms with van der Waals surface area (Å²) >= 11 is 0. The number of nitrogens with zero attached hydrogens (tertiary/aromatic N) is 3. The highest BCUT2D eigenvalue weighted by molar-refractivity contribution is 6.58. The summed E-state index contributed by atoms with van der Waals surface area (Å²) in [5.74, 6) is -0.690. The molecule has 3 heterocycles. The number of hydrogen-bond acceptors (Lipinski definition) is 7. The SMILES string of the molecule is CCOC(=O)c1cn(C2CCN(C)C2)c2ncc(B(O)O)cc2c1=O. The van der Waals surface area contributed by atoms with Gasteiger partial charge in [-0.3, -0.25) is 4.79 Å². The summed E-state index contributed by atoms with van der Waals surface area (Å²) in [5.41, 5.74) is -0.0789. The zero-order chi connectivity index (χ0) is 18.1. The summed E-state index contributed by atoms with van der Waals surface area (Å²) in [4.78, 5) is 31.3. The van der Waals surface area contributed by atoms with Crippen molar-refractivity contribution in [3.63, 3.8) is 0 Å². The van der Waals surface area contributed by atoms with E-state index in [9.17, 15) is 19.6 Å². The average Bonchev–Trinajstić information content (AvgIpc) is 3.01. The topological polar surface area (TPSA) is 105 Å². The van der Waals surface area contributed by atoms with Gasteiger partial charge in [0.1, 0.15) is 11.2 Å². The van der Waals surface area contributed by atoms with Crippen LogP contribution in [0.2, 0.25) is 0 Å². The maximum absolute atomic E-state index is 12.7. The quantitative estimate of drug-likeness (QED) is 0.548. The van der Waals surface area contributed by atoms with Gasteiger partial charge in [0.25, 0.3) is 0 Å². The number of carbonyl (C=O) groups excluding carboxylic acids is 1. The van der Waals surface area contributed by atoms with Crippen LogP contribution >= 0.6 is 0 Å². The molecule has 1 aliphatic heterocycles. The molecule has 1 atom stereocenters. The number of fused-ring (bicyclic) bond motifs is 1. The van der Waals surface area contributed by atoms with Crippen molar-refractivity contribution >= 4 is 29.6 Å². The molecule has 8 nitrogen and oxygen atoms in total. The molecular formula is C16H20BN3O5. The Morgan fingerprint density at radius 1 is 1.48 bits per heavy atom. The van der Waals surface area contributed by atoms with E-state index in [0.29, 0.717) is 5.65 Å². The van der Waals surface area contributed by atoms with Gasteiger partial charge in [0.15, 0.2) is 0 Å². The Hall–Kier alpha value is -2.23. The summed E-state index contributed by atoms with van der Waals surface area (Å²) < 4.78 is 6.81. The monoisotopic (exact) mass is 345 g/mol. The van der Waals surface area contributed by atoms with E-state index < -0.39 is 18.5 Å². The van der Waals surface area contributed by atoms with Crippen molar-refractivity contribution in [1.82, 2.24) is 14.5 Å². The molecule has 2 N–H and O–H groups in total. The number of likely N-dealkylation sites (tertiary alicyclic amines) is 1. The zero-order valence-corrected chi connectivity index (χ0v) is 14.2. The Morgan fingerprint density at radius 3 is 2.84 bits per heavy atom. The van der Waals surface area contributed by atoms with Crippen LogP contribution in [0.5, 0.6) is 0 Å². The minimum atomic E-state index is -1.74. The van der Waals surface area contributed by atoms with Crippen molar-refractivity contribution in [2.24, 2.45) is 0 Å². The molecule has 2 aromatic rings. The molecule has 0 spiro atoms. The van der Waals surface area contributed by atoms with Crippen LogP contribution in [-0.4, -0.2) is 64.3 Å². The van der Waals surface area contributed by atoms with E-state index in [4.69, 9.17) is 4.74 Å². The number of ether oxygens (including phenoxy) is 1. The summed E-state index contributed by atoms with van der Waals surface area (Å²) in [6.07, 6.45) is 3.70. The lowest BCUT2D eigenvalue weighted by atomic mass is 9.81. The predicted molar refractivity (Wildman–Crippen MR) is 92.9 cm³/mol. The first-order valence-corrected chi connectivity index (χ1v) is 8.19. The first-order valence-electron chi connectivity index (χ1n) is 8.19. The molecule has 25 heavy (non-hydrogen) atoms. The highest BCUT2D eigenvalue weighted by Crippen LogP contribution is 2.23. The first-order chi connectivity index (χ1) is 11.9. The van der Waals surface area contributed by atoms with E-state index in [0.717, 1.165) is 19.5 Å². The second-order valence-corrected chi connectivity index (χ2v) is 6.22. The van der Waals surface area contributed by atoms with Crippen LogP contribution in [0.15, 0.2) is 23.3 Å². The van der Waals surface area contributed by atoms with Crippen LogP contribution in [0.4, 0.5) is 0 Å². The van der Waals surface area contributed by atoms with Crippen LogP contribution in [0.3, 0.4) is 0 Å². The number of esters is 1. The van der Waals surface area contributed by atoms with Gasteiger partial charge in [-0.1, -0.05) is 0 Å². The van der Waals surface area contributed by atoms with Crippen molar-refractivity contribution in [3.8, 4) is 0 Å². The maximum atomic E-state index is 12.7. The van der Waals surface area contributed by atoms with Gasteiger partial charge in [0.05, 0.1) is 12.0 Å². The summed E-state index contributed by atoms with van der Waals surface area (Å²) in [6, 6.07) is 1.44. The van der Waals surface area contributed by atoms with E-state index in [1.807, 2.05) is 11.6 Å². The summed E-state index contributed by atoms with van der Waals surface area (Å²) in [6.45, 7) is 3.51. The van der Waals surface area contributed by atoms with Gasteiger partial charge in [-0.15, -0.1) is 0 Å². The standard InChI is InChI=1S/C16H20BN3O5/c1-3-25-16(22)13-9-20(11-4-5-19(2)8-11)15-12(14(13)21)6-10(7-18-15)17(23)24/h6-7,9,11,23-24H,3-5,8H2,1-2H3. The third-order valence-electron chi connectivity index (χ3n) is 4.44. The van der Waals surface area contributed by atoms with Gasteiger partial charge in [0.2, 0.25) is 5.43 Å². The van der Waals surface area contributed by atoms with E-state index in [2.05, 4.69) is 9.88 Å². The Morgan fingerprint density at radius 2 is 2.24 bits per heavy atom. The highest BCUT2D eigenvalue weighted by atomic mass is 16.5. The molecule has 0 radical (unpaired) electrons. The van der Waals surface area contributed by atoms with E-state index in [1.165, 1.54) is 18.5 Å². The van der Waals surface area contributed by atoms with Crippen LogP contribution in [0.25, 0.3) is 11.0 Å². The first kappa shape index (κ1) is 17.6. The number of carbonyl (C=O) groups is 1. The lowest BCUT2D eigenvalue weighted by Gasteiger charge is -2.19. The molecule has 2 aromatic heterocycles. The Labute approximate surface area is 144 Å². The van der Waals surface area contributed by atoms with Crippen molar-refractivity contribution in [2.75, 3.05) is 26.7 Å². The fourth-order valence-corrected chi connectivity index (χ4v) is 3.16. The smallest absolute Gasteiger partial charge is 0.462 e. The van der Waals surface area contributed by atoms with Crippen molar-refractivity contribution in [3.05, 3.63) is 34.2 Å². The molecule has 9 heteroatoms. The predicted octanol–water partition coefficient (Wildman–Crippen LogP) is -0.870. The third kappa shape index (κ3) is 3.30. The number of likely N-dealkylation sites (N-methyl/N-ethyl adjacent to an activating group) is 1. The van der Waals surface area contributed by atoms with Gasteiger partial charge < -0.3 is 24.3 Å². The van der Waals surface area contributed by atoms with Crippen molar-refractivity contribution in [1.29, 1.82) is 0 Å². The summed E-state index contributed by atoms with van der Waals surface area (Å²) in [7, 11) is 0.263. The van der Waals surface area contributed by atoms with Crippen molar-refractivity contribution < 1.29 is 19.6 Å². The lowest BCUT2D eigenvalue weighted by Crippen LogP contribution is -2.32. The van der Waals surface area contributed by atoms with Crippen molar-refractivity contribution in [2.45, 2.75) is 19.4 Å². The van der Waals surface area contributed by atoms with Gasteiger partial charge in [-0.05, 0) is 33.0 Å². The van der Waals surface area contributed by atoms with E-state index in [-0.39, 0.29) is 29.1 Å². The van der Waals surface area contributed by atoms with Gasteiger partial charge in [-0.2, -0.15) is 0 Å². The molecule has 1 saturated heterocycles. The lowest BCUT2D eigenvalue weighted by molar-refractivity contribution is 0.0524. The number of hydrogen-bond donors (Lipinski definition) is 2. The van der Waals surface area contributed by atoms with Crippen LogP contribution in [0.1, 0.15) is 29.7 Å². The maximum Gasteiger partial charge on any atom is 0.490 e. The highest BCUT2D eigenvalue weighted by Gasteiger charge is 2.26. The van der Waals surface area contributed by atoms with Gasteiger partial charge in [-0.25, -0.2) is 9.78 Å². The number of rotatable bonds is 4. The van der Waals surface area contributed by atoms with Crippen LogP contribution in [-0.2, 0) is 4.74 Å². The normalized spacial score (nSPS) is 17.8. The molecule has 1 aliphatic rings. The van der Waals surface area contributed by atoms with E-state index >= 15 is 0 Å². The van der Waals surface area contributed by atoms with Crippen LogP contribution in [0, 0.1) is 0 Å². The Balaban J connectivity index is 2.24. The molecule has 1 unspecified atom stereocenters. The fourth-order valence-electron chi connectivity index (χ4n) is 3.16. The minimum Gasteiger partial charge on any atom is -0.462 e. The summed E-state index contributed by atoms with van der Waals surface area (Å²) in [5, 5.41) is 18.9. The van der Waals surface area contributed by atoms with Crippen LogP contribution < -0.4 is 10.9 Å². The molecule has 0 amide bonds. The van der Waals surface area contributed by atoms with Gasteiger partial charge in [0, 0.05) is 30.4 Å². The number of aromatic nitrogens is 2.